The molecule has 0 aromatic heterocycles. The van der Waals surface area contributed by atoms with Gasteiger partial charge >= 0.3 is 27.5 Å². The molecule has 0 spiro atoms. The molecular weight excluding hydrogens is 302 g/mol. The molecule has 0 unspecified atom stereocenters. The molecule has 0 aliphatic carbocycles. The van der Waals surface area contributed by atoms with Crippen LogP contribution in [0, 0.1) is 41.7 Å². The van der Waals surface area contributed by atoms with E-state index >= 15 is 0 Å². The van der Waals surface area contributed by atoms with Crippen LogP contribution in [0.1, 0.15) is 0 Å². The minimum absolute atomic E-state index is 0. The maximum atomic E-state index is 8.34. The second kappa shape index (κ2) is 17.6. The molecule has 0 amide bonds. The Morgan fingerprint density at radius 3 is 1.25 bits per heavy atom. The van der Waals surface area contributed by atoms with Gasteiger partial charge in [0.25, 0.3) is 0 Å². The number of rotatable bonds is 0. The van der Waals surface area contributed by atoms with Crippen molar-refractivity contribution in [3.8, 4) is 0 Å². The molecule has 0 fully saturated rings. The normalized spacial score (nSPS) is 0.750. The van der Waals surface area contributed by atoms with Gasteiger partial charge in [-0.2, -0.15) is 0 Å². The summed E-state index contributed by atoms with van der Waals surface area (Å²) >= 11 is 0.300. The average Bonchev–Trinajstić information content (AvgIpc) is 1.00. The van der Waals surface area contributed by atoms with Crippen LogP contribution < -0.4 is 0 Å². The van der Waals surface area contributed by atoms with Crippen molar-refractivity contribution in [3.05, 3.63) is 0 Å². The molecule has 4 heavy (non-hydrogen) atoms. The van der Waals surface area contributed by atoms with Crippen molar-refractivity contribution >= 4 is 0 Å². The van der Waals surface area contributed by atoms with Gasteiger partial charge < -0.3 is 0 Å². The van der Waals surface area contributed by atoms with Crippen molar-refractivity contribution in [2.75, 3.05) is 0 Å². The van der Waals surface area contributed by atoms with E-state index in [1.165, 1.54) is 0 Å². The Kier molecular flexibility index (Phi) is 70.3. The van der Waals surface area contributed by atoms with E-state index in [1.54, 1.807) is 0 Å². The standard InChI is InChI=1S/Ce.Mn.O.Zr. The van der Waals surface area contributed by atoms with E-state index in [0.29, 0.717) is 24.7 Å². The van der Waals surface area contributed by atoms with Crippen molar-refractivity contribution in [2.24, 2.45) is 0 Å². The van der Waals surface area contributed by atoms with Gasteiger partial charge in [-0.25, -0.2) is 0 Å². The number of hydrogen-bond acceptors (Lipinski definition) is 1. The van der Waals surface area contributed by atoms with Crippen LogP contribution in [0.5, 0.6) is 0 Å². The molecule has 0 saturated carbocycles. The predicted octanol–water partition coefficient (Wildman–Crippen LogP) is -0.124. The zero-order chi connectivity index (χ0) is 2.00. The summed E-state index contributed by atoms with van der Waals surface area (Å²) in [6, 6.07) is 0. The quantitative estimate of drug-likeness (QED) is 0.570. The summed E-state index contributed by atoms with van der Waals surface area (Å²) in [6.07, 6.45) is 0. The SMILES string of the molecule is [Ce].[Mn].[O]=[Zr]. The molecule has 0 rings (SSSR count). The molecule has 21 valence electrons. The third-order valence-corrected chi connectivity index (χ3v) is 0. The van der Waals surface area contributed by atoms with Crippen LogP contribution in [0.15, 0.2) is 0 Å². The maximum absolute atomic E-state index is 8.34. The van der Waals surface area contributed by atoms with Gasteiger partial charge in [-0.3, -0.25) is 0 Å². The van der Waals surface area contributed by atoms with E-state index < -0.39 is 0 Å². The van der Waals surface area contributed by atoms with E-state index in [1.807, 2.05) is 0 Å². The Hall–Kier alpha value is 2.58. The monoisotopic (exact) mass is 301 g/mol. The van der Waals surface area contributed by atoms with Gasteiger partial charge in [0.15, 0.2) is 0 Å². The van der Waals surface area contributed by atoms with Crippen molar-refractivity contribution in [1.29, 1.82) is 0 Å². The van der Waals surface area contributed by atoms with Gasteiger partial charge in [-0.1, -0.05) is 0 Å². The van der Waals surface area contributed by atoms with Crippen LogP contribution in [-0.2, 0) is 44.6 Å². The minimum atomic E-state index is 0. The van der Waals surface area contributed by atoms with Gasteiger partial charge in [-0.05, 0) is 0 Å². The Labute approximate surface area is 84.4 Å². The van der Waals surface area contributed by atoms with Crippen LogP contribution in [0.4, 0.5) is 0 Å². The molecule has 0 aromatic rings. The summed E-state index contributed by atoms with van der Waals surface area (Å²) in [5, 5.41) is 0. The van der Waals surface area contributed by atoms with Crippen LogP contribution in [0.2, 0.25) is 0 Å². The molecular formula is CeMnOZr. The molecule has 0 aliphatic heterocycles. The topological polar surface area (TPSA) is 17.1 Å². The molecule has 4 heteroatoms. The Balaban J connectivity index is -0.00000000500. The number of hydrogen-bond donors (Lipinski definition) is 0. The fraction of sp³-hybridized carbons (Fsp3) is 0. The van der Waals surface area contributed by atoms with E-state index in [4.69, 9.17) is 2.81 Å². The van der Waals surface area contributed by atoms with E-state index in [9.17, 15) is 0 Å². The van der Waals surface area contributed by atoms with Gasteiger partial charge in [0.1, 0.15) is 0 Å². The van der Waals surface area contributed by atoms with Gasteiger partial charge in [0, 0.05) is 58.8 Å². The molecule has 1 nitrogen and oxygen atoms in total. The van der Waals surface area contributed by atoms with E-state index in [2.05, 4.69) is 0 Å². The summed E-state index contributed by atoms with van der Waals surface area (Å²) in [5.41, 5.74) is 0. The first kappa shape index (κ1) is 16.0. The van der Waals surface area contributed by atoms with Crippen LogP contribution in [0.3, 0.4) is 0 Å². The second-order valence-electron chi connectivity index (χ2n) is 0. The van der Waals surface area contributed by atoms with Crippen molar-refractivity contribution in [2.45, 2.75) is 0 Å². The van der Waals surface area contributed by atoms with Crippen LogP contribution in [0.25, 0.3) is 0 Å². The molecule has 0 N–H and O–H groups in total. The van der Waals surface area contributed by atoms with E-state index in [0.717, 1.165) is 0 Å². The predicted molar refractivity (Wildman–Crippen MR) is 0.686 cm³/mol. The molecule has 0 heterocycles. The molecule has 0 aromatic carbocycles. The first-order valence-electron chi connectivity index (χ1n) is 0.204. The van der Waals surface area contributed by atoms with E-state index in [-0.39, 0.29) is 58.8 Å². The van der Waals surface area contributed by atoms with Crippen molar-refractivity contribution in [1.82, 2.24) is 0 Å². The Morgan fingerprint density at radius 2 is 1.25 bits per heavy atom. The summed E-state index contributed by atoms with van der Waals surface area (Å²) in [4.78, 5) is 0. The first-order valence-corrected chi connectivity index (χ1v) is 1.21. The fourth-order valence-electron chi connectivity index (χ4n) is 0. The molecule has 0 saturated heterocycles. The second-order valence-corrected chi connectivity index (χ2v) is 0. The summed E-state index contributed by atoms with van der Waals surface area (Å²) < 4.78 is 8.34. The summed E-state index contributed by atoms with van der Waals surface area (Å²) in [6.45, 7) is 0. The fourth-order valence-corrected chi connectivity index (χ4v) is 0. The average molecular weight is 302 g/mol. The van der Waals surface area contributed by atoms with Gasteiger partial charge in [0.05, 0.1) is 0 Å². The molecule has 0 bridgehead atoms. The van der Waals surface area contributed by atoms with Crippen LogP contribution >= 0.6 is 0 Å². The zero-order valence-electron chi connectivity index (χ0n) is 1.79. The third kappa shape index (κ3) is 8.82. The Morgan fingerprint density at radius 1 is 1.25 bits per heavy atom. The van der Waals surface area contributed by atoms with Crippen molar-refractivity contribution < 1.29 is 86.4 Å². The van der Waals surface area contributed by atoms with Gasteiger partial charge in [-0.15, -0.1) is 0 Å². The Bertz CT molecular complexity index is 8.00. The summed E-state index contributed by atoms with van der Waals surface area (Å²) in [7, 11) is 0. The third-order valence-electron chi connectivity index (χ3n) is 0. The molecule has 1 radical (unpaired) electrons. The molecule has 0 aliphatic rings. The first-order chi connectivity index (χ1) is 1.00. The summed E-state index contributed by atoms with van der Waals surface area (Å²) in [5.74, 6) is 0. The van der Waals surface area contributed by atoms with Gasteiger partial charge in [0.2, 0.25) is 0 Å². The van der Waals surface area contributed by atoms with Crippen molar-refractivity contribution in [3.63, 3.8) is 0 Å². The van der Waals surface area contributed by atoms with Crippen LogP contribution in [-0.4, -0.2) is 0 Å². The molecule has 0 atom stereocenters. The zero-order valence-corrected chi connectivity index (χ0v) is 8.56.